The Morgan fingerprint density at radius 2 is 1.93 bits per heavy atom. The third-order valence-corrected chi connectivity index (χ3v) is 5.38. The highest BCUT2D eigenvalue weighted by Gasteiger charge is 2.43. The minimum Gasteiger partial charge on any atom is -0.497 e. The largest absolute Gasteiger partial charge is 0.497 e. The second-order valence-electron chi connectivity index (χ2n) is 6.63. The van der Waals surface area contributed by atoms with Gasteiger partial charge in [0.25, 0.3) is 0 Å². The number of rotatable bonds is 4. The Hall–Kier alpha value is -3.06. The lowest BCUT2D eigenvalue weighted by atomic mass is 9.83. The number of nitrogens with zero attached hydrogens (tertiary/aromatic N) is 1. The molecular weight excluding hydrogens is 401 g/mol. The minimum absolute atomic E-state index is 0.0195. The Labute approximate surface area is 171 Å². The zero-order valence-corrected chi connectivity index (χ0v) is 16.5. The number of halogens is 2. The number of amides is 1. The summed E-state index contributed by atoms with van der Waals surface area (Å²) in [5.41, 5.74) is 1.88. The SMILES string of the molecule is COc1ccc([C@@H]2CC(=O)N(c3ccc(F)c(Cl)c3)C3=C2C(=O)OC3)c(OC)c1. The fraction of sp³-hybridized carbons (Fsp3) is 0.238. The number of methoxy groups -OCH3 is 2. The topological polar surface area (TPSA) is 65.1 Å². The van der Waals surface area contributed by atoms with Crippen molar-refractivity contribution in [3.63, 3.8) is 0 Å². The van der Waals surface area contributed by atoms with Gasteiger partial charge in [-0.1, -0.05) is 17.7 Å². The standard InChI is InChI=1S/C21H17ClFNO5/c1-27-12-4-5-13(18(8-12)28-2)14-9-19(25)24(17-10-29-21(26)20(14)17)11-3-6-16(23)15(22)7-11/h3-8,14H,9-10H2,1-2H3/t14-/m0/s1. The maximum Gasteiger partial charge on any atom is 0.336 e. The second-order valence-corrected chi connectivity index (χ2v) is 7.04. The summed E-state index contributed by atoms with van der Waals surface area (Å²) < 4.78 is 29.5. The molecule has 2 aromatic carbocycles. The van der Waals surface area contributed by atoms with Crippen molar-refractivity contribution >= 4 is 29.2 Å². The van der Waals surface area contributed by atoms with E-state index in [9.17, 15) is 14.0 Å². The number of ether oxygens (including phenoxy) is 3. The Morgan fingerprint density at radius 3 is 2.62 bits per heavy atom. The molecule has 2 aliphatic heterocycles. The summed E-state index contributed by atoms with van der Waals surface area (Å²) in [6.07, 6.45) is 0.0195. The van der Waals surface area contributed by atoms with E-state index in [1.54, 1.807) is 25.3 Å². The summed E-state index contributed by atoms with van der Waals surface area (Å²) in [7, 11) is 3.05. The fourth-order valence-electron chi connectivity index (χ4n) is 3.75. The van der Waals surface area contributed by atoms with E-state index in [-0.39, 0.29) is 24.0 Å². The van der Waals surface area contributed by atoms with E-state index in [1.807, 2.05) is 0 Å². The zero-order chi connectivity index (χ0) is 20.7. The molecule has 0 aromatic heterocycles. The number of carbonyl (C=O) groups excluding carboxylic acids is 2. The number of hydrogen-bond donors (Lipinski definition) is 0. The van der Waals surface area contributed by atoms with E-state index in [0.717, 1.165) is 0 Å². The predicted octanol–water partition coefficient (Wildman–Crippen LogP) is 3.83. The first kappa shape index (κ1) is 19.3. The molecule has 0 N–H and O–H groups in total. The van der Waals surface area contributed by atoms with Crippen molar-refractivity contribution in [3.8, 4) is 11.5 Å². The van der Waals surface area contributed by atoms with E-state index < -0.39 is 17.7 Å². The van der Waals surface area contributed by atoms with Crippen molar-refractivity contribution in [2.24, 2.45) is 0 Å². The minimum atomic E-state index is -0.589. The van der Waals surface area contributed by atoms with Crippen molar-refractivity contribution < 1.29 is 28.2 Å². The smallest absolute Gasteiger partial charge is 0.336 e. The van der Waals surface area contributed by atoms with Crippen molar-refractivity contribution in [1.29, 1.82) is 0 Å². The quantitative estimate of drug-likeness (QED) is 0.707. The molecule has 0 unspecified atom stereocenters. The fourth-order valence-corrected chi connectivity index (χ4v) is 3.92. The lowest BCUT2D eigenvalue weighted by molar-refractivity contribution is -0.136. The number of esters is 1. The average Bonchev–Trinajstić information content (AvgIpc) is 3.10. The van der Waals surface area contributed by atoms with Crippen LogP contribution in [0.3, 0.4) is 0 Å². The second kappa shape index (κ2) is 7.40. The molecule has 0 fully saturated rings. The van der Waals surface area contributed by atoms with Crippen LogP contribution in [0, 0.1) is 5.82 Å². The summed E-state index contributed by atoms with van der Waals surface area (Å²) in [5.74, 6) is -0.763. The summed E-state index contributed by atoms with van der Waals surface area (Å²) in [6.45, 7) is -0.0517. The summed E-state index contributed by atoms with van der Waals surface area (Å²) in [5, 5.41) is -0.110. The number of benzene rings is 2. The van der Waals surface area contributed by atoms with Crippen molar-refractivity contribution in [2.75, 3.05) is 25.7 Å². The van der Waals surface area contributed by atoms with Crippen LogP contribution in [0.4, 0.5) is 10.1 Å². The first-order valence-electron chi connectivity index (χ1n) is 8.84. The van der Waals surface area contributed by atoms with E-state index in [0.29, 0.717) is 34.0 Å². The Kier molecular flexibility index (Phi) is 4.92. The highest BCUT2D eigenvalue weighted by Crippen LogP contribution is 2.45. The normalized spacial score (nSPS) is 18.6. The summed E-state index contributed by atoms with van der Waals surface area (Å²) in [6, 6.07) is 9.20. The molecule has 4 rings (SSSR count). The zero-order valence-electron chi connectivity index (χ0n) is 15.7. The summed E-state index contributed by atoms with van der Waals surface area (Å²) >= 11 is 5.89. The average molecular weight is 418 g/mol. The monoisotopic (exact) mass is 417 g/mol. The van der Waals surface area contributed by atoms with Crippen LogP contribution in [0.25, 0.3) is 0 Å². The van der Waals surface area contributed by atoms with E-state index >= 15 is 0 Å². The molecule has 8 heteroatoms. The van der Waals surface area contributed by atoms with Crippen LogP contribution < -0.4 is 14.4 Å². The van der Waals surface area contributed by atoms with Gasteiger partial charge in [0.1, 0.15) is 23.9 Å². The maximum atomic E-state index is 13.6. The molecule has 0 radical (unpaired) electrons. The lowest BCUT2D eigenvalue weighted by Crippen LogP contribution is -2.37. The van der Waals surface area contributed by atoms with E-state index in [1.165, 1.54) is 30.2 Å². The van der Waals surface area contributed by atoms with Gasteiger partial charge in [0.15, 0.2) is 0 Å². The van der Waals surface area contributed by atoms with Crippen LogP contribution in [-0.4, -0.2) is 32.7 Å². The van der Waals surface area contributed by atoms with Gasteiger partial charge in [0.2, 0.25) is 5.91 Å². The van der Waals surface area contributed by atoms with Gasteiger partial charge in [-0.05, 0) is 24.3 Å². The third-order valence-electron chi connectivity index (χ3n) is 5.09. The van der Waals surface area contributed by atoms with Crippen molar-refractivity contribution in [1.82, 2.24) is 0 Å². The highest BCUT2D eigenvalue weighted by atomic mass is 35.5. The molecule has 29 heavy (non-hydrogen) atoms. The predicted molar refractivity (Wildman–Crippen MR) is 104 cm³/mol. The summed E-state index contributed by atoms with van der Waals surface area (Å²) in [4.78, 5) is 27.0. The molecule has 0 saturated carbocycles. The highest BCUT2D eigenvalue weighted by molar-refractivity contribution is 6.31. The maximum absolute atomic E-state index is 13.6. The molecule has 6 nitrogen and oxygen atoms in total. The molecule has 1 amide bonds. The van der Waals surface area contributed by atoms with Crippen molar-refractivity contribution in [3.05, 3.63) is 64.1 Å². The lowest BCUT2D eigenvalue weighted by Gasteiger charge is -2.32. The molecule has 2 aliphatic rings. The molecule has 0 spiro atoms. The molecular formula is C21H17ClFNO5. The van der Waals surface area contributed by atoms with Gasteiger partial charge in [0.05, 0.1) is 36.2 Å². The van der Waals surface area contributed by atoms with Gasteiger partial charge in [-0.3, -0.25) is 9.69 Å². The Morgan fingerprint density at radius 1 is 1.14 bits per heavy atom. The van der Waals surface area contributed by atoms with Crippen LogP contribution in [0.5, 0.6) is 11.5 Å². The van der Waals surface area contributed by atoms with Crippen molar-refractivity contribution in [2.45, 2.75) is 12.3 Å². The van der Waals surface area contributed by atoms with Gasteiger partial charge in [-0.25, -0.2) is 9.18 Å². The van der Waals surface area contributed by atoms with Gasteiger partial charge in [-0.15, -0.1) is 0 Å². The molecule has 0 saturated heterocycles. The van der Waals surface area contributed by atoms with Crippen LogP contribution in [0.1, 0.15) is 17.9 Å². The van der Waals surface area contributed by atoms with Crippen LogP contribution in [0.2, 0.25) is 5.02 Å². The van der Waals surface area contributed by atoms with Gasteiger partial charge < -0.3 is 14.2 Å². The van der Waals surface area contributed by atoms with E-state index in [4.69, 9.17) is 25.8 Å². The van der Waals surface area contributed by atoms with Gasteiger partial charge in [-0.2, -0.15) is 0 Å². The number of hydrogen-bond acceptors (Lipinski definition) is 5. The van der Waals surface area contributed by atoms with Crippen LogP contribution in [0.15, 0.2) is 47.7 Å². The third kappa shape index (κ3) is 3.21. The molecule has 1 atom stereocenters. The van der Waals surface area contributed by atoms with Crippen LogP contribution in [-0.2, 0) is 14.3 Å². The number of carbonyl (C=O) groups is 2. The molecule has 0 bridgehead atoms. The Balaban J connectivity index is 1.84. The molecule has 2 aromatic rings. The van der Waals surface area contributed by atoms with Gasteiger partial charge >= 0.3 is 5.97 Å². The molecule has 0 aliphatic carbocycles. The number of cyclic esters (lactones) is 1. The van der Waals surface area contributed by atoms with Gasteiger partial charge in [0, 0.05) is 24.0 Å². The Bertz CT molecular complexity index is 1050. The molecule has 2 heterocycles. The van der Waals surface area contributed by atoms with E-state index in [2.05, 4.69) is 0 Å². The first-order valence-corrected chi connectivity index (χ1v) is 9.22. The molecule has 150 valence electrons. The first-order chi connectivity index (χ1) is 13.9. The van der Waals surface area contributed by atoms with Crippen LogP contribution >= 0.6 is 11.6 Å². The number of anilines is 1.